The molecule has 0 radical (unpaired) electrons. The van der Waals surface area contributed by atoms with Gasteiger partial charge in [-0.25, -0.2) is 0 Å². The molecule has 0 aromatic carbocycles. The number of hydrogen-bond acceptors (Lipinski definition) is 4. The molecule has 3 saturated carbocycles. The van der Waals surface area contributed by atoms with Crippen LogP contribution in [0.3, 0.4) is 0 Å². The lowest BCUT2D eigenvalue weighted by Gasteiger charge is -2.32. The number of ketones is 1. The van der Waals surface area contributed by atoms with E-state index in [1.165, 1.54) is 69.5 Å². The highest BCUT2D eigenvalue weighted by Gasteiger charge is 2.37. The summed E-state index contributed by atoms with van der Waals surface area (Å²) in [5.74, 6) is 1.86. The SMILES string of the molecule is CC(=O)C[C@H](O)C[C@H](O)CCn1c(C(C)C)c(C(=O)NC2CCCCC2)c(C2CCCCC2)c1C1CCC(C)CC1. The summed E-state index contributed by atoms with van der Waals surface area (Å²) >= 11 is 0. The van der Waals surface area contributed by atoms with Crippen molar-refractivity contribution in [2.24, 2.45) is 5.92 Å². The summed E-state index contributed by atoms with van der Waals surface area (Å²) in [5, 5.41) is 24.8. The Balaban J connectivity index is 1.75. The zero-order valence-corrected chi connectivity index (χ0v) is 26.4. The monoisotopic (exact) mass is 570 g/mol. The quantitative estimate of drug-likeness (QED) is 0.243. The van der Waals surface area contributed by atoms with E-state index in [2.05, 4.69) is 30.7 Å². The highest BCUT2D eigenvalue weighted by atomic mass is 16.3. The van der Waals surface area contributed by atoms with Crippen molar-refractivity contribution in [1.29, 1.82) is 0 Å². The maximum Gasteiger partial charge on any atom is 0.253 e. The second kappa shape index (κ2) is 15.2. The number of nitrogens with one attached hydrogen (secondary N) is 1. The average molecular weight is 571 g/mol. The van der Waals surface area contributed by atoms with Crippen molar-refractivity contribution in [2.45, 2.75) is 179 Å². The van der Waals surface area contributed by atoms with Crippen molar-refractivity contribution >= 4 is 11.7 Å². The van der Waals surface area contributed by atoms with E-state index < -0.39 is 12.2 Å². The number of amides is 1. The zero-order chi connectivity index (χ0) is 29.5. The summed E-state index contributed by atoms with van der Waals surface area (Å²) in [6.45, 7) is 8.91. The lowest BCUT2D eigenvalue weighted by atomic mass is 9.75. The van der Waals surface area contributed by atoms with Crippen LogP contribution in [0.25, 0.3) is 0 Å². The molecule has 1 aromatic heterocycles. The topological polar surface area (TPSA) is 91.6 Å². The maximum atomic E-state index is 14.3. The van der Waals surface area contributed by atoms with Crippen LogP contribution in [0.2, 0.25) is 0 Å². The summed E-state index contributed by atoms with van der Waals surface area (Å²) in [7, 11) is 0. The van der Waals surface area contributed by atoms with Gasteiger partial charge in [0.05, 0.1) is 17.8 Å². The molecule has 0 aliphatic heterocycles. The van der Waals surface area contributed by atoms with Gasteiger partial charge in [0.1, 0.15) is 5.78 Å². The van der Waals surface area contributed by atoms with Gasteiger partial charge in [-0.2, -0.15) is 0 Å². The van der Waals surface area contributed by atoms with Crippen LogP contribution in [0.5, 0.6) is 0 Å². The minimum atomic E-state index is -0.814. The van der Waals surface area contributed by atoms with Crippen LogP contribution in [-0.2, 0) is 11.3 Å². The second-order valence-corrected chi connectivity index (χ2v) is 14.2. The average Bonchev–Trinajstić information content (AvgIpc) is 3.28. The smallest absolute Gasteiger partial charge is 0.253 e. The lowest BCUT2D eigenvalue weighted by Crippen LogP contribution is -2.37. The Hall–Kier alpha value is -1.66. The number of Topliss-reactive ketones (excluding diaryl/α,β-unsaturated/α-hetero) is 1. The first kappa shape index (κ1) is 32.3. The summed E-state index contributed by atoms with van der Waals surface area (Å²) < 4.78 is 2.46. The number of aromatic nitrogens is 1. The van der Waals surface area contributed by atoms with Gasteiger partial charge >= 0.3 is 0 Å². The lowest BCUT2D eigenvalue weighted by molar-refractivity contribution is -0.119. The Bertz CT molecular complexity index is 994. The Morgan fingerprint density at radius 3 is 2.05 bits per heavy atom. The summed E-state index contributed by atoms with van der Waals surface area (Å²) in [5.41, 5.74) is 4.83. The van der Waals surface area contributed by atoms with E-state index >= 15 is 0 Å². The van der Waals surface area contributed by atoms with Gasteiger partial charge in [-0.3, -0.25) is 9.59 Å². The third kappa shape index (κ3) is 8.46. The fourth-order valence-corrected chi connectivity index (χ4v) is 8.16. The number of aliphatic hydroxyl groups excluding tert-OH is 2. The molecule has 0 bridgehead atoms. The number of carbonyl (C=O) groups excluding carboxylic acids is 2. The molecular formula is C35H58N2O4. The fraction of sp³-hybridized carbons (Fsp3) is 0.829. The van der Waals surface area contributed by atoms with Crippen LogP contribution in [0.1, 0.15) is 182 Å². The Labute approximate surface area is 249 Å². The molecule has 0 unspecified atom stereocenters. The minimum absolute atomic E-state index is 0.0586. The molecule has 0 spiro atoms. The molecule has 6 heteroatoms. The van der Waals surface area contributed by atoms with Gasteiger partial charge in [0.15, 0.2) is 0 Å². The van der Waals surface area contributed by atoms with Crippen molar-refractivity contribution in [3.63, 3.8) is 0 Å². The number of nitrogens with zero attached hydrogens (tertiary/aromatic N) is 1. The fourth-order valence-electron chi connectivity index (χ4n) is 8.16. The Morgan fingerprint density at radius 2 is 1.46 bits per heavy atom. The van der Waals surface area contributed by atoms with Crippen molar-refractivity contribution < 1.29 is 19.8 Å². The molecule has 4 rings (SSSR count). The number of aliphatic hydroxyl groups is 2. The first-order chi connectivity index (χ1) is 19.7. The molecule has 0 saturated heterocycles. The van der Waals surface area contributed by atoms with Crippen molar-refractivity contribution in [3.05, 3.63) is 22.5 Å². The summed E-state index contributed by atoms with van der Waals surface area (Å²) in [6.07, 6.45) is 15.9. The van der Waals surface area contributed by atoms with Gasteiger partial charge in [0.25, 0.3) is 5.91 Å². The first-order valence-corrected chi connectivity index (χ1v) is 17.1. The predicted molar refractivity (Wildman–Crippen MR) is 166 cm³/mol. The van der Waals surface area contributed by atoms with Gasteiger partial charge in [-0.1, -0.05) is 72.1 Å². The molecule has 6 nitrogen and oxygen atoms in total. The molecule has 41 heavy (non-hydrogen) atoms. The van der Waals surface area contributed by atoms with E-state index in [4.69, 9.17) is 0 Å². The minimum Gasteiger partial charge on any atom is -0.393 e. The molecule has 3 N–H and O–H groups in total. The van der Waals surface area contributed by atoms with Crippen LogP contribution in [0.4, 0.5) is 0 Å². The van der Waals surface area contributed by atoms with E-state index in [0.717, 1.165) is 55.7 Å². The van der Waals surface area contributed by atoms with Crippen LogP contribution in [-0.4, -0.2) is 44.7 Å². The van der Waals surface area contributed by atoms with Crippen LogP contribution in [0, 0.1) is 5.92 Å². The summed E-state index contributed by atoms with van der Waals surface area (Å²) in [4.78, 5) is 25.8. The molecule has 1 amide bonds. The Kier molecular flexibility index (Phi) is 11.9. The second-order valence-electron chi connectivity index (χ2n) is 14.2. The molecule has 3 fully saturated rings. The van der Waals surface area contributed by atoms with Crippen LogP contribution in [0.15, 0.2) is 0 Å². The molecular weight excluding hydrogens is 512 g/mol. The van der Waals surface area contributed by atoms with E-state index in [9.17, 15) is 19.8 Å². The predicted octanol–water partition coefficient (Wildman–Crippen LogP) is 7.50. The van der Waals surface area contributed by atoms with Gasteiger partial charge in [0, 0.05) is 30.4 Å². The Morgan fingerprint density at radius 1 is 0.854 bits per heavy atom. The van der Waals surface area contributed by atoms with E-state index in [1.54, 1.807) is 0 Å². The number of rotatable bonds is 12. The number of carbonyl (C=O) groups is 2. The molecule has 1 aromatic rings. The molecule has 1 heterocycles. The molecule has 3 aliphatic rings. The maximum absolute atomic E-state index is 14.3. The molecule has 2 atom stereocenters. The third-order valence-corrected chi connectivity index (χ3v) is 10.3. The zero-order valence-electron chi connectivity index (χ0n) is 26.4. The van der Waals surface area contributed by atoms with Gasteiger partial charge in [0.2, 0.25) is 0 Å². The van der Waals surface area contributed by atoms with E-state index in [0.29, 0.717) is 24.8 Å². The summed E-state index contributed by atoms with van der Waals surface area (Å²) in [6, 6.07) is 0.266. The van der Waals surface area contributed by atoms with Crippen molar-refractivity contribution in [2.75, 3.05) is 0 Å². The standard InChI is InChI=1S/C35H58N2O4/c1-23(2)33-32(35(41)36-28-13-9-6-10-14-28)31(26-11-7-5-8-12-26)34(27-17-15-24(3)16-18-27)37(33)20-19-29(39)22-30(40)21-25(4)38/h23-24,26-30,39-40H,5-22H2,1-4H3,(H,36,41)/t24?,27?,29-,30+/m1/s1. The van der Waals surface area contributed by atoms with Crippen molar-refractivity contribution in [3.8, 4) is 0 Å². The highest BCUT2D eigenvalue weighted by molar-refractivity contribution is 5.98. The number of hydrogen-bond donors (Lipinski definition) is 3. The van der Waals surface area contributed by atoms with Gasteiger partial charge < -0.3 is 20.1 Å². The molecule has 3 aliphatic carbocycles. The van der Waals surface area contributed by atoms with Crippen LogP contribution >= 0.6 is 0 Å². The first-order valence-electron chi connectivity index (χ1n) is 17.1. The highest BCUT2D eigenvalue weighted by Crippen LogP contribution is 2.47. The molecule has 232 valence electrons. The van der Waals surface area contributed by atoms with E-state index in [1.807, 2.05) is 0 Å². The van der Waals surface area contributed by atoms with E-state index in [-0.39, 0.29) is 36.5 Å². The van der Waals surface area contributed by atoms with Crippen LogP contribution < -0.4 is 5.32 Å². The van der Waals surface area contributed by atoms with Crippen molar-refractivity contribution in [1.82, 2.24) is 9.88 Å². The van der Waals surface area contributed by atoms with Gasteiger partial charge in [-0.05, 0) is 87.5 Å². The largest absolute Gasteiger partial charge is 0.393 e. The van der Waals surface area contributed by atoms with Gasteiger partial charge in [-0.15, -0.1) is 0 Å². The third-order valence-electron chi connectivity index (χ3n) is 10.3. The normalized spacial score (nSPS) is 24.4.